The molecule has 0 fully saturated rings. The van der Waals surface area contributed by atoms with Gasteiger partial charge in [-0.25, -0.2) is 14.5 Å². The molecule has 0 aliphatic carbocycles. The first-order valence-electron chi connectivity index (χ1n) is 6.26. The van der Waals surface area contributed by atoms with Gasteiger partial charge in [0.15, 0.2) is 6.61 Å². The van der Waals surface area contributed by atoms with Crippen LogP contribution in [0.1, 0.15) is 34.6 Å². The number of ether oxygens (including phenoxy) is 3. The summed E-state index contributed by atoms with van der Waals surface area (Å²) >= 11 is 0. The summed E-state index contributed by atoms with van der Waals surface area (Å²) in [4.78, 5) is 32.3. The van der Waals surface area contributed by atoms with Gasteiger partial charge in [-0.3, -0.25) is 0 Å². The molecule has 0 aromatic carbocycles. The highest BCUT2D eigenvalue weighted by molar-refractivity contribution is 5.87. The minimum Gasteiger partial charge on any atom is -0.450 e. The van der Waals surface area contributed by atoms with Crippen molar-refractivity contribution >= 4 is 12.1 Å². The normalized spacial score (nSPS) is 14.1. The monoisotopic (exact) mass is 306 g/mol. The fraction of sp³-hybridized carbons (Fsp3) is 0.692. The van der Waals surface area contributed by atoms with Crippen LogP contribution < -0.4 is 0 Å². The maximum Gasteiger partial charge on any atom is 0.506 e. The van der Waals surface area contributed by atoms with Crippen molar-refractivity contribution < 1.29 is 38.7 Å². The highest BCUT2D eigenvalue weighted by Crippen LogP contribution is 2.22. The van der Waals surface area contributed by atoms with E-state index in [0.29, 0.717) is 0 Å². The number of rotatable bonds is 8. The first kappa shape index (κ1) is 19.4. The Morgan fingerprint density at radius 2 is 1.76 bits per heavy atom. The second-order valence-corrected chi connectivity index (χ2v) is 5.12. The quantitative estimate of drug-likeness (QED) is 0.239. The van der Waals surface area contributed by atoms with Gasteiger partial charge in [0.05, 0.1) is 12.2 Å². The zero-order valence-corrected chi connectivity index (χ0v) is 12.9. The van der Waals surface area contributed by atoms with E-state index in [4.69, 9.17) is 24.4 Å². The molecular weight excluding hydrogens is 284 g/mol. The molecule has 0 aliphatic heterocycles. The minimum absolute atomic E-state index is 0.0555. The van der Waals surface area contributed by atoms with E-state index in [9.17, 15) is 9.59 Å². The third-order valence-electron chi connectivity index (χ3n) is 1.75. The van der Waals surface area contributed by atoms with Gasteiger partial charge < -0.3 is 19.3 Å². The van der Waals surface area contributed by atoms with Gasteiger partial charge in [0.1, 0.15) is 0 Å². The highest BCUT2D eigenvalue weighted by atomic mass is 17.3. The van der Waals surface area contributed by atoms with Gasteiger partial charge in [0, 0.05) is 5.57 Å². The SMILES string of the molecule is C=C(C)C(=O)OC(COC(=O)O)(OCC)OOC(C)(C)C. The van der Waals surface area contributed by atoms with Crippen molar-refractivity contribution in [3.8, 4) is 0 Å². The van der Waals surface area contributed by atoms with E-state index in [2.05, 4.69) is 11.3 Å². The van der Waals surface area contributed by atoms with Crippen molar-refractivity contribution in [1.82, 2.24) is 0 Å². The number of hydrogen-bond donors (Lipinski definition) is 1. The molecule has 21 heavy (non-hydrogen) atoms. The Labute approximate surface area is 123 Å². The van der Waals surface area contributed by atoms with Crippen molar-refractivity contribution in [1.29, 1.82) is 0 Å². The van der Waals surface area contributed by atoms with E-state index < -0.39 is 30.3 Å². The molecule has 0 aliphatic rings. The Kier molecular flexibility index (Phi) is 7.34. The molecule has 8 heteroatoms. The van der Waals surface area contributed by atoms with Crippen LogP contribution in [0.2, 0.25) is 0 Å². The molecule has 0 rings (SSSR count). The molecule has 0 aromatic heterocycles. The van der Waals surface area contributed by atoms with Crippen molar-refractivity contribution in [2.24, 2.45) is 0 Å². The van der Waals surface area contributed by atoms with Crippen molar-refractivity contribution in [3.05, 3.63) is 12.2 Å². The lowest BCUT2D eigenvalue weighted by Gasteiger charge is -2.32. The molecule has 0 bridgehead atoms. The third kappa shape index (κ3) is 8.28. The van der Waals surface area contributed by atoms with Crippen molar-refractivity contribution in [2.75, 3.05) is 13.2 Å². The second-order valence-electron chi connectivity index (χ2n) is 5.12. The van der Waals surface area contributed by atoms with E-state index in [1.165, 1.54) is 6.92 Å². The van der Waals surface area contributed by atoms with Gasteiger partial charge in [0.25, 0.3) is 0 Å². The number of hydrogen-bond acceptors (Lipinski definition) is 7. The molecule has 0 heterocycles. The first-order chi connectivity index (χ1) is 9.51. The van der Waals surface area contributed by atoms with Crippen LogP contribution in [0.25, 0.3) is 0 Å². The zero-order chi connectivity index (χ0) is 16.7. The predicted octanol–water partition coefficient (Wildman–Crippen LogP) is 2.24. The van der Waals surface area contributed by atoms with Gasteiger partial charge >= 0.3 is 18.1 Å². The van der Waals surface area contributed by atoms with Crippen LogP contribution in [-0.2, 0) is 28.8 Å². The summed E-state index contributed by atoms with van der Waals surface area (Å²) in [5.41, 5.74) is -0.671. The maximum absolute atomic E-state index is 11.7. The van der Waals surface area contributed by atoms with Crippen molar-refractivity contribution in [2.45, 2.75) is 46.2 Å². The maximum atomic E-state index is 11.7. The van der Waals surface area contributed by atoms with Crippen LogP contribution in [-0.4, -0.2) is 42.0 Å². The molecular formula is C13H22O8. The molecule has 0 radical (unpaired) electrons. The first-order valence-corrected chi connectivity index (χ1v) is 6.26. The molecule has 0 aromatic rings. The van der Waals surface area contributed by atoms with E-state index >= 15 is 0 Å². The summed E-state index contributed by atoms with van der Waals surface area (Å²) in [5.74, 6) is -2.98. The van der Waals surface area contributed by atoms with Crippen LogP contribution in [0, 0.1) is 0 Å². The largest absolute Gasteiger partial charge is 0.506 e. The summed E-state index contributed by atoms with van der Waals surface area (Å²) in [6.45, 7) is 10.8. The molecule has 1 unspecified atom stereocenters. The number of carbonyl (C=O) groups excluding carboxylic acids is 1. The van der Waals surface area contributed by atoms with Crippen LogP contribution in [0.15, 0.2) is 12.2 Å². The lowest BCUT2D eigenvalue weighted by Crippen LogP contribution is -2.47. The Bertz CT molecular complexity index is 384. The van der Waals surface area contributed by atoms with Crippen LogP contribution in [0.4, 0.5) is 4.79 Å². The summed E-state index contributed by atoms with van der Waals surface area (Å²) in [6, 6.07) is 0. The average Bonchev–Trinajstić information content (AvgIpc) is 2.33. The molecule has 1 N–H and O–H groups in total. The van der Waals surface area contributed by atoms with E-state index in [1.807, 2.05) is 0 Å². The minimum atomic E-state index is -2.14. The highest BCUT2D eigenvalue weighted by Gasteiger charge is 2.42. The molecule has 122 valence electrons. The Balaban J connectivity index is 5.15. The number of carboxylic acid groups (broad SMARTS) is 1. The number of carbonyl (C=O) groups is 2. The Hall–Kier alpha value is -1.64. The van der Waals surface area contributed by atoms with Gasteiger partial charge in [0.2, 0.25) is 0 Å². The van der Waals surface area contributed by atoms with Gasteiger partial charge in [-0.05, 0) is 34.6 Å². The predicted molar refractivity (Wildman–Crippen MR) is 71.2 cm³/mol. The Morgan fingerprint density at radius 1 is 1.19 bits per heavy atom. The summed E-state index contributed by atoms with van der Waals surface area (Å²) in [5, 5.41) is 8.58. The number of esters is 1. The lowest BCUT2D eigenvalue weighted by atomic mass is 10.2. The van der Waals surface area contributed by atoms with Gasteiger partial charge in [-0.1, -0.05) is 6.58 Å². The van der Waals surface area contributed by atoms with Gasteiger partial charge in [-0.15, -0.1) is 0 Å². The standard InChI is InChI=1S/C13H22O8/c1-7-18-13(8-17-11(15)16,19-10(14)9(2)3)21-20-12(4,5)6/h2,7-8H2,1,3-6H3,(H,15,16). The lowest BCUT2D eigenvalue weighted by molar-refractivity contribution is -0.520. The topological polar surface area (TPSA) is 101 Å². The van der Waals surface area contributed by atoms with E-state index in [0.717, 1.165) is 0 Å². The van der Waals surface area contributed by atoms with Crippen molar-refractivity contribution in [3.63, 3.8) is 0 Å². The molecule has 0 spiro atoms. The molecule has 0 saturated heterocycles. The van der Waals surface area contributed by atoms with Crippen LogP contribution >= 0.6 is 0 Å². The van der Waals surface area contributed by atoms with E-state index in [1.54, 1.807) is 27.7 Å². The summed E-state index contributed by atoms with van der Waals surface area (Å²) in [6.07, 6.45) is -1.58. The van der Waals surface area contributed by atoms with Gasteiger partial charge in [-0.2, -0.15) is 4.89 Å². The molecule has 8 nitrogen and oxygen atoms in total. The summed E-state index contributed by atoms with van der Waals surface area (Å²) in [7, 11) is 0. The fourth-order valence-electron chi connectivity index (χ4n) is 0.953. The second kappa shape index (κ2) is 7.96. The van der Waals surface area contributed by atoms with Crippen LogP contribution in [0.3, 0.4) is 0 Å². The fourth-order valence-corrected chi connectivity index (χ4v) is 0.953. The molecule has 0 saturated carbocycles. The summed E-state index contributed by atoms with van der Waals surface area (Å²) < 4.78 is 14.6. The Morgan fingerprint density at radius 3 is 2.14 bits per heavy atom. The third-order valence-corrected chi connectivity index (χ3v) is 1.75. The zero-order valence-electron chi connectivity index (χ0n) is 12.9. The average molecular weight is 306 g/mol. The smallest absolute Gasteiger partial charge is 0.450 e. The van der Waals surface area contributed by atoms with Crippen LogP contribution in [0.5, 0.6) is 0 Å². The molecule has 0 amide bonds. The van der Waals surface area contributed by atoms with E-state index in [-0.39, 0.29) is 12.2 Å². The molecule has 1 atom stereocenters.